The van der Waals surface area contributed by atoms with Gasteiger partial charge in [0.2, 0.25) is 0 Å². The van der Waals surface area contributed by atoms with E-state index in [4.69, 9.17) is 14.2 Å². The van der Waals surface area contributed by atoms with Gasteiger partial charge >= 0.3 is 11.9 Å². The number of rotatable bonds is 26. The molecule has 1 aliphatic heterocycles. The highest BCUT2D eigenvalue weighted by molar-refractivity contribution is 5.70. The molecule has 6 nitrogen and oxygen atoms in total. The maximum absolute atomic E-state index is 12.0. The average Bonchev–Trinajstić information content (AvgIpc) is 3.69. The number of epoxide rings is 1. The van der Waals surface area contributed by atoms with Crippen LogP contribution in [0.4, 0.5) is 0 Å². The van der Waals surface area contributed by atoms with Crippen molar-refractivity contribution in [2.75, 3.05) is 13.2 Å². The largest absolute Gasteiger partial charge is 0.462 e. The van der Waals surface area contributed by atoms with Crippen LogP contribution in [-0.4, -0.2) is 48.6 Å². The third-order valence-corrected chi connectivity index (χ3v) is 6.84. The standard InChI is InChI=1S/C33H56O6/c1-3-5-7-9-12-17-21-25-32(35)37-28-29(27-34)38-33(36)26-22-18-14-11-13-16-20-24-31-30(39-31)23-19-15-10-8-6-4-2/h11,14-16,19-20,29-31,34H,3-10,12-13,17-18,21-28H2,1-2H3/b14-11-,19-15-,20-16-/t29-,30?,31?/m0/s1. The van der Waals surface area contributed by atoms with Crippen LogP contribution in [0.1, 0.15) is 129 Å². The second-order valence-electron chi connectivity index (χ2n) is 10.6. The smallest absolute Gasteiger partial charge is 0.306 e. The average molecular weight is 549 g/mol. The zero-order chi connectivity index (χ0) is 28.4. The number of aliphatic hydroxyl groups is 1. The molecule has 6 heteroatoms. The summed E-state index contributed by atoms with van der Waals surface area (Å²) in [6.07, 6.45) is 31.0. The van der Waals surface area contributed by atoms with Crippen molar-refractivity contribution in [2.24, 2.45) is 0 Å². The number of carbonyl (C=O) groups excluding carboxylic acids is 2. The summed E-state index contributed by atoms with van der Waals surface area (Å²) in [6, 6.07) is 0. The van der Waals surface area contributed by atoms with Crippen LogP contribution in [0.2, 0.25) is 0 Å². The van der Waals surface area contributed by atoms with Crippen molar-refractivity contribution in [1.82, 2.24) is 0 Å². The van der Waals surface area contributed by atoms with Crippen molar-refractivity contribution in [2.45, 2.75) is 148 Å². The summed E-state index contributed by atoms with van der Waals surface area (Å²) in [4.78, 5) is 23.9. The molecule has 0 aromatic rings. The lowest BCUT2D eigenvalue weighted by atomic mass is 10.1. The van der Waals surface area contributed by atoms with Crippen LogP contribution in [0, 0.1) is 0 Å². The van der Waals surface area contributed by atoms with E-state index in [-0.39, 0.29) is 31.6 Å². The van der Waals surface area contributed by atoms with Gasteiger partial charge in [-0.2, -0.15) is 0 Å². The third-order valence-electron chi connectivity index (χ3n) is 6.84. The third kappa shape index (κ3) is 21.6. The van der Waals surface area contributed by atoms with Gasteiger partial charge < -0.3 is 19.3 Å². The number of carbonyl (C=O) groups is 2. The molecule has 0 radical (unpaired) electrons. The van der Waals surface area contributed by atoms with Gasteiger partial charge in [0.05, 0.1) is 18.8 Å². The molecule has 1 saturated heterocycles. The molecular formula is C33H56O6. The zero-order valence-corrected chi connectivity index (χ0v) is 24.8. The molecule has 1 heterocycles. The van der Waals surface area contributed by atoms with Gasteiger partial charge in [-0.25, -0.2) is 0 Å². The van der Waals surface area contributed by atoms with Crippen LogP contribution in [0.3, 0.4) is 0 Å². The molecule has 224 valence electrons. The fourth-order valence-electron chi connectivity index (χ4n) is 4.29. The lowest BCUT2D eigenvalue weighted by molar-refractivity contribution is -0.161. The Kier molecular flexibility index (Phi) is 22.6. The first kappa shape index (κ1) is 35.1. The Morgan fingerprint density at radius 3 is 2.00 bits per heavy atom. The summed E-state index contributed by atoms with van der Waals surface area (Å²) in [5.74, 6) is -0.674. The highest BCUT2D eigenvalue weighted by Crippen LogP contribution is 2.29. The van der Waals surface area contributed by atoms with Gasteiger partial charge in [-0.05, 0) is 51.4 Å². The molecule has 0 aliphatic carbocycles. The molecule has 3 atom stereocenters. The van der Waals surface area contributed by atoms with Crippen LogP contribution < -0.4 is 0 Å². The van der Waals surface area contributed by atoms with E-state index in [0.717, 1.165) is 44.9 Å². The summed E-state index contributed by atoms with van der Waals surface area (Å²) in [5, 5.41) is 9.45. The predicted octanol–water partition coefficient (Wildman–Crippen LogP) is 7.93. The van der Waals surface area contributed by atoms with Crippen molar-refractivity contribution < 1.29 is 28.9 Å². The van der Waals surface area contributed by atoms with Crippen molar-refractivity contribution in [3.8, 4) is 0 Å². The Morgan fingerprint density at radius 1 is 0.718 bits per heavy atom. The van der Waals surface area contributed by atoms with E-state index in [1.807, 2.05) is 0 Å². The molecule has 1 fully saturated rings. The van der Waals surface area contributed by atoms with Crippen LogP contribution >= 0.6 is 0 Å². The van der Waals surface area contributed by atoms with Gasteiger partial charge in [0.25, 0.3) is 0 Å². The van der Waals surface area contributed by atoms with Crippen LogP contribution in [0.5, 0.6) is 0 Å². The first-order valence-corrected chi connectivity index (χ1v) is 15.7. The molecule has 1 N–H and O–H groups in total. The van der Waals surface area contributed by atoms with Crippen LogP contribution in [0.25, 0.3) is 0 Å². The van der Waals surface area contributed by atoms with Crippen LogP contribution in [0.15, 0.2) is 36.5 Å². The van der Waals surface area contributed by atoms with Gasteiger partial charge in [0.15, 0.2) is 6.10 Å². The van der Waals surface area contributed by atoms with Gasteiger partial charge in [-0.1, -0.05) is 102 Å². The normalized spacial score (nSPS) is 17.8. The maximum Gasteiger partial charge on any atom is 0.306 e. The zero-order valence-electron chi connectivity index (χ0n) is 24.8. The Morgan fingerprint density at radius 2 is 1.28 bits per heavy atom. The SMILES string of the molecule is CCCCC/C=C\CC1OC1C/C=C\C/C=C\CCCC(=O)O[C@@H](CO)COC(=O)CCCCCCCCC. The first-order chi connectivity index (χ1) is 19.1. The summed E-state index contributed by atoms with van der Waals surface area (Å²) in [6.45, 7) is 3.98. The Hall–Kier alpha value is -1.92. The van der Waals surface area contributed by atoms with Crippen LogP contribution in [-0.2, 0) is 23.8 Å². The second kappa shape index (κ2) is 25.1. The lowest BCUT2D eigenvalue weighted by Gasteiger charge is -2.15. The van der Waals surface area contributed by atoms with E-state index in [0.29, 0.717) is 25.0 Å². The van der Waals surface area contributed by atoms with Crippen molar-refractivity contribution in [1.29, 1.82) is 0 Å². The molecule has 39 heavy (non-hydrogen) atoms. The second-order valence-corrected chi connectivity index (χ2v) is 10.6. The summed E-state index contributed by atoms with van der Waals surface area (Å²) >= 11 is 0. The molecule has 0 aromatic carbocycles. The van der Waals surface area contributed by atoms with Gasteiger partial charge in [-0.3, -0.25) is 9.59 Å². The Bertz CT molecular complexity index is 698. The van der Waals surface area contributed by atoms with E-state index in [1.54, 1.807) is 0 Å². The number of ether oxygens (including phenoxy) is 3. The van der Waals surface area contributed by atoms with E-state index in [2.05, 4.69) is 50.3 Å². The van der Waals surface area contributed by atoms with Crippen molar-refractivity contribution in [3.63, 3.8) is 0 Å². The van der Waals surface area contributed by atoms with Gasteiger partial charge in [-0.15, -0.1) is 0 Å². The van der Waals surface area contributed by atoms with E-state index in [9.17, 15) is 14.7 Å². The minimum Gasteiger partial charge on any atom is -0.462 e. The number of hydrogen-bond donors (Lipinski definition) is 1. The monoisotopic (exact) mass is 548 g/mol. The van der Waals surface area contributed by atoms with E-state index in [1.165, 1.54) is 51.4 Å². The lowest BCUT2D eigenvalue weighted by Crippen LogP contribution is -2.28. The summed E-state index contributed by atoms with van der Waals surface area (Å²) < 4.78 is 16.2. The first-order valence-electron chi connectivity index (χ1n) is 15.7. The molecule has 1 aliphatic rings. The molecule has 0 spiro atoms. The molecular weight excluding hydrogens is 492 g/mol. The number of unbranched alkanes of at least 4 members (excludes halogenated alkanes) is 10. The predicted molar refractivity (Wildman–Crippen MR) is 158 cm³/mol. The van der Waals surface area contributed by atoms with E-state index < -0.39 is 6.10 Å². The topological polar surface area (TPSA) is 85.4 Å². The quantitative estimate of drug-likeness (QED) is 0.0511. The molecule has 0 bridgehead atoms. The number of hydrogen-bond acceptors (Lipinski definition) is 6. The van der Waals surface area contributed by atoms with Gasteiger partial charge in [0.1, 0.15) is 6.61 Å². The molecule has 0 amide bonds. The Balaban J connectivity index is 1.99. The highest BCUT2D eigenvalue weighted by Gasteiger charge is 2.35. The van der Waals surface area contributed by atoms with Gasteiger partial charge in [0, 0.05) is 12.8 Å². The minimum atomic E-state index is -0.798. The van der Waals surface area contributed by atoms with E-state index >= 15 is 0 Å². The molecule has 0 saturated carbocycles. The fraction of sp³-hybridized carbons (Fsp3) is 0.758. The molecule has 1 rings (SSSR count). The molecule has 2 unspecified atom stereocenters. The molecule has 0 aromatic heterocycles. The minimum absolute atomic E-state index is 0.0911. The fourth-order valence-corrected chi connectivity index (χ4v) is 4.29. The van der Waals surface area contributed by atoms with Crippen molar-refractivity contribution in [3.05, 3.63) is 36.5 Å². The van der Waals surface area contributed by atoms with Crippen molar-refractivity contribution >= 4 is 11.9 Å². The maximum atomic E-state index is 12.0. The number of esters is 2. The number of aliphatic hydroxyl groups excluding tert-OH is 1. The number of allylic oxidation sites excluding steroid dienone is 4. The summed E-state index contributed by atoms with van der Waals surface area (Å²) in [5.41, 5.74) is 0. The highest BCUT2D eigenvalue weighted by atomic mass is 16.6. The Labute approximate surface area is 238 Å². The summed E-state index contributed by atoms with van der Waals surface area (Å²) in [7, 11) is 0.